The minimum absolute atomic E-state index is 0.571. The summed E-state index contributed by atoms with van der Waals surface area (Å²) in [7, 11) is 0. The van der Waals surface area contributed by atoms with Gasteiger partial charge in [0.15, 0.2) is 0 Å². The van der Waals surface area contributed by atoms with Gasteiger partial charge in [0, 0.05) is 15.8 Å². The Morgan fingerprint density at radius 3 is 2.81 bits per heavy atom. The van der Waals surface area contributed by atoms with Gasteiger partial charge in [-0.25, -0.2) is 10.8 Å². The van der Waals surface area contributed by atoms with Crippen molar-refractivity contribution in [2.45, 2.75) is 39.3 Å². The molecule has 1 fully saturated rings. The van der Waals surface area contributed by atoms with E-state index >= 15 is 0 Å². The normalized spacial score (nSPS) is 16.3. The highest BCUT2D eigenvalue weighted by Crippen LogP contribution is 2.21. The van der Waals surface area contributed by atoms with E-state index in [1.807, 2.05) is 0 Å². The smallest absolute Gasteiger partial charge is 0.206 e. The summed E-state index contributed by atoms with van der Waals surface area (Å²) >= 11 is 1.80. The molecule has 16 heavy (non-hydrogen) atoms. The van der Waals surface area contributed by atoms with Gasteiger partial charge in [-0.2, -0.15) is 0 Å². The molecule has 4 N–H and O–H groups in total. The summed E-state index contributed by atoms with van der Waals surface area (Å²) in [6.45, 7) is 4.96. The number of nitrogens with two attached hydrogens (primary N) is 1. The lowest BCUT2D eigenvalue weighted by molar-refractivity contribution is 0.822. The number of aliphatic imine (C=N–C) groups is 1. The molecule has 4 nitrogen and oxygen atoms in total. The zero-order chi connectivity index (χ0) is 11.5. The SMILES string of the molecule is Cc1cc(CN=C(NN)NC2CC2)sc1C. The van der Waals surface area contributed by atoms with Crippen LogP contribution in [0.2, 0.25) is 0 Å². The number of aryl methyl sites for hydroxylation is 2. The second kappa shape index (κ2) is 4.84. The van der Waals surface area contributed by atoms with E-state index in [1.54, 1.807) is 11.3 Å². The summed E-state index contributed by atoms with van der Waals surface area (Å²) < 4.78 is 0. The third kappa shape index (κ3) is 2.96. The molecular formula is C11H18N4S. The number of hydrogen-bond donors (Lipinski definition) is 3. The van der Waals surface area contributed by atoms with Crippen LogP contribution in [-0.2, 0) is 6.54 Å². The Hall–Kier alpha value is -1.07. The Labute approximate surface area is 99.9 Å². The van der Waals surface area contributed by atoms with E-state index in [1.165, 1.54) is 28.2 Å². The number of nitrogens with zero attached hydrogens (tertiary/aromatic N) is 1. The van der Waals surface area contributed by atoms with Crippen LogP contribution in [0.3, 0.4) is 0 Å². The standard InChI is InChI=1S/C11H18N4S/c1-7-5-10(16-8(7)2)6-13-11(15-12)14-9-3-4-9/h5,9H,3-4,6,12H2,1-2H3,(H2,13,14,15). The number of nitrogens with one attached hydrogen (secondary N) is 2. The molecule has 0 spiro atoms. The van der Waals surface area contributed by atoms with Gasteiger partial charge >= 0.3 is 0 Å². The van der Waals surface area contributed by atoms with Crippen LogP contribution in [0.4, 0.5) is 0 Å². The predicted octanol–water partition coefficient (Wildman–Crippen LogP) is 1.44. The van der Waals surface area contributed by atoms with Gasteiger partial charge in [0.2, 0.25) is 5.96 Å². The highest BCUT2D eigenvalue weighted by Gasteiger charge is 2.21. The van der Waals surface area contributed by atoms with Crippen molar-refractivity contribution < 1.29 is 0 Å². The average Bonchev–Trinajstić information content (AvgIpc) is 3.01. The summed E-state index contributed by atoms with van der Waals surface area (Å²) in [5.74, 6) is 6.11. The van der Waals surface area contributed by atoms with Gasteiger partial charge in [-0.05, 0) is 38.3 Å². The lowest BCUT2D eigenvalue weighted by Gasteiger charge is -2.06. The molecule has 1 aliphatic rings. The Morgan fingerprint density at radius 2 is 2.31 bits per heavy atom. The molecule has 0 aromatic carbocycles. The lowest BCUT2D eigenvalue weighted by atomic mass is 10.3. The highest BCUT2D eigenvalue weighted by molar-refractivity contribution is 7.12. The second-order valence-electron chi connectivity index (χ2n) is 4.18. The van der Waals surface area contributed by atoms with Crippen LogP contribution < -0.4 is 16.6 Å². The van der Waals surface area contributed by atoms with Gasteiger partial charge in [-0.15, -0.1) is 11.3 Å². The van der Waals surface area contributed by atoms with Crippen molar-refractivity contribution in [3.05, 3.63) is 21.4 Å². The second-order valence-corrected chi connectivity index (χ2v) is 5.52. The van der Waals surface area contributed by atoms with E-state index in [0.717, 1.165) is 0 Å². The maximum atomic E-state index is 5.41. The zero-order valence-corrected chi connectivity index (χ0v) is 10.5. The first kappa shape index (κ1) is 11.4. The average molecular weight is 238 g/mol. The van der Waals surface area contributed by atoms with Crippen molar-refractivity contribution in [1.82, 2.24) is 10.7 Å². The quantitative estimate of drug-likeness (QED) is 0.323. The number of thiophene rings is 1. The Morgan fingerprint density at radius 1 is 1.56 bits per heavy atom. The van der Waals surface area contributed by atoms with E-state index in [4.69, 9.17) is 5.84 Å². The first-order valence-electron chi connectivity index (χ1n) is 5.52. The fourth-order valence-electron chi connectivity index (χ4n) is 1.44. The van der Waals surface area contributed by atoms with Crippen molar-refractivity contribution in [1.29, 1.82) is 0 Å². The van der Waals surface area contributed by atoms with Crippen LogP contribution in [0.1, 0.15) is 28.2 Å². The maximum absolute atomic E-state index is 5.41. The van der Waals surface area contributed by atoms with Gasteiger partial charge in [0.05, 0.1) is 6.54 Å². The molecule has 0 saturated heterocycles. The molecule has 1 aromatic heterocycles. The molecule has 5 heteroatoms. The van der Waals surface area contributed by atoms with Crippen molar-refractivity contribution >= 4 is 17.3 Å². The van der Waals surface area contributed by atoms with Crippen molar-refractivity contribution in [2.75, 3.05) is 0 Å². The molecule has 0 aliphatic heterocycles. The number of guanidine groups is 1. The van der Waals surface area contributed by atoms with Gasteiger partial charge in [-0.1, -0.05) is 0 Å². The molecule has 1 saturated carbocycles. The van der Waals surface area contributed by atoms with E-state index in [2.05, 4.69) is 35.6 Å². The van der Waals surface area contributed by atoms with Crippen molar-refractivity contribution in [3.63, 3.8) is 0 Å². The third-order valence-corrected chi connectivity index (χ3v) is 3.80. The fourth-order valence-corrected chi connectivity index (χ4v) is 2.42. The van der Waals surface area contributed by atoms with Crippen LogP contribution >= 0.6 is 11.3 Å². The molecule has 1 aromatic rings. The lowest BCUT2D eigenvalue weighted by Crippen LogP contribution is -2.42. The Bertz CT molecular complexity index is 373. The molecule has 0 radical (unpaired) electrons. The first-order chi connectivity index (χ1) is 7.69. The Balaban J connectivity index is 1.94. The highest BCUT2D eigenvalue weighted by atomic mass is 32.1. The summed E-state index contributed by atoms with van der Waals surface area (Å²) in [6, 6.07) is 2.76. The van der Waals surface area contributed by atoms with E-state index in [9.17, 15) is 0 Å². The molecule has 0 unspecified atom stereocenters. The number of hydrogen-bond acceptors (Lipinski definition) is 3. The topological polar surface area (TPSA) is 62.4 Å². The molecule has 0 bridgehead atoms. The minimum Gasteiger partial charge on any atom is -0.353 e. The number of hydrazine groups is 1. The first-order valence-corrected chi connectivity index (χ1v) is 6.34. The third-order valence-electron chi connectivity index (χ3n) is 2.66. The maximum Gasteiger partial charge on any atom is 0.206 e. The van der Waals surface area contributed by atoms with Crippen LogP contribution in [0.25, 0.3) is 0 Å². The van der Waals surface area contributed by atoms with Gasteiger partial charge in [-0.3, -0.25) is 5.43 Å². The van der Waals surface area contributed by atoms with Gasteiger partial charge < -0.3 is 5.32 Å². The zero-order valence-electron chi connectivity index (χ0n) is 9.71. The summed E-state index contributed by atoms with van der Waals surface area (Å²) in [4.78, 5) is 7.07. The van der Waals surface area contributed by atoms with Crippen LogP contribution in [-0.4, -0.2) is 12.0 Å². The fraction of sp³-hybridized carbons (Fsp3) is 0.545. The monoisotopic (exact) mass is 238 g/mol. The molecule has 0 amide bonds. The summed E-state index contributed by atoms with van der Waals surface area (Å²) in [5.41, 5.74) is 3.95. The molecule has 1 aliphatic carbocycles. The van der Waals surface area contributed by atoms with Crippen LogP contribution in [0.5, 0.6) is 0 Å². The van der Waals surface area contributed by atoms with Crippen LogP contribution in [0.15, 0.2) is 11.1 Å². The molecular weight excluding hydrogens is 220 g/mol. The molecule has 2 rings (SSSR count). The molecule has 1 heterocycles. The summed E-state index contributed by atoms with van der Waals surface area (Å²) in [6.07, 6.45) is 2.44. The van der Waals surface area contributed by atoms with E-state index in [0.29, 0.717) is 18.5 Å². The molecule has 0 atom stereocenters. The molecule has 88 valence electrons. The number of rotatable bonds is 3. The van der Waals surface area contributed by atoms with Gasteiger partial charge in [0.1, 0.15) is 0 Å². The largest absolute Gasteiger partial charge is 0.353 e. The van der Waals surface area contributed by atoms with Crippen molar-refractivity contribution in [3.8, 4) is 0 Å². The summed E-state index contributed by atoms with van der Waals surface area (Å²) in [5, 5.41) is 3.25. The van der Waals surface area contributed by atoms with E-state index in [-0.39, 0.29) is 0 Å². The van der Waals surface area contributed by atoms with Crippen molar-refractivity contribution in [2.24, 2.45) is 10.8 Å². The predicted molar refractivity (Wildman–Crippen MR) is 68.4 cm³/mol. The Kier molecular flexibility index (Phi) is 3.46. The minimum atomic E-state index is 0.571. The van der Waals surface area contributed by atoms with Crippen LogP contribution in [0, 0.1) is 13.8 Å². The van der Waals surface area contributed by atoms with Gasteiger partial charge in [0.25, 0.3) is 0 Å². The van der Waals surface area contributed by atoms with E-state index < -0.39 is 0 Å².